The molecular weight excluding hydrogens is 352 g/mol. The third kappa shape index (κ3) is 2.24. The molecule has 136 valence electrons. The molecule has 0 saturated heterocycles. The highest BCUT2D eigenvalue weighted by molar-refractivity contribution is 6.10. The zero-order valence-electron chi connectivity index (χ0n) is 12.9. The van der Waals surface area contributed by atoms with E-state index in [4.69, 9.17) is 18.6 Å². The van der Waals surface area contributed by atoms with Gasteiger partial charge in [-0.1, -0.05) is 0 Å². The van der Waals surface area contributed by atoms with Gasteiger partial charge < -0.3 is 23.7 Å². The predicted molar refractivity (Wildman–Crippen MR) is 74.8 cm³/mol. The van der Waals surface area contributed by atoms with Gasteiger partial charge >= 0.3 is 12.3 Å². The van der Waals surface area contributed by atoms with E-state index in [0.717, 1.165) is 7.11 Å². The second-order valence-corrected chi connectivity index (χ2v) is 5.34. The molecule has 0 aliphatic carbocycles. The Morgan fingerprint density at radius 3 is 2.48 bits per heavy atom. The summed E-state index contributed by atoms with van der Waals surface area (Å²) >= 11 is 0. The van der Waals surface area contributed by atoms with Crippen LogP contribution in [0.5, 0.6) is 17.2 Å². The molecule has 1 aromatic heterocycles. The summed E-state index contributed by atoms with van der Waals surface area (Å²) in [5.41, 5.74) is -0.321. The van der Waals surface area contributed by atoms with E-state index in [9.17, 15) is 27.5 Å². The second kappa shape index (κ2) is 5.51. The first-order valence-corrected chi connectivity index (χ1v) is 6.93. The van der Waals surface area contributed by atoms with Crippen molar-refractivity contribution in [2.75, 3.05) is 14.2 Å². The van der Waals surface area contributed by atoms with E-state index in [1.54, 1.807) is 0 Å². The molecule has 1 aromatic carbocycles. The fourth-order valence-corrected chi connectivity index (χ4v) is 2.73. The molecule has 1 atom stereocenters. The molecule has 0 fully saturated rings. The van der Waals surface area contributed by atoms with E-state index in [1.165, 1.54) is 19.4 Å². The number of carbonyl (C=O) groups excluding carboxylic acids is 1. The Balaban J connectivity index is 2.30. The predicted octanol–water partition coefficient (Wildman–Crippen LogP) is 3.00. The van der Waals surface area contributed by atoms with Crippen molar-refractivity contribution in [1.29, 1.82) is 0 Å². The number of aliphatic hydroxyl groups is 1. The molecule has 0 saturated carbocycles. The highest BCUT2D eigenvalue weighted by atomic mass is 19.3. The molecule has 25 heavy (non-hydrogen) atoms. The van der Waals surface area contributed by atoms with Gasteiger partial charge in [-0.2, -0.15) is 8.78 Å². The molecule has 1 aliphatic rings. The maximum Gasteiger partial charge on any atom is 0.371 e. The van der Waals surface area contributed by atoms with Crippen molar-refractivity contribution in [2.45, 2.75) is 24.6 Å². The van der Waals surface area contributed by atoms with Crippen LogP contribution in [0.4, 0.5) is 17.6 Å². The van der Waals surface area contributed by atoms with Crippen LogP contribution in [-0.2, 0) is 0 Å². The van der Waals surface area contributed by atoms with Crippen molar-refractivity contribution in [1.82, 2.24) is 0 Å². The number of ether oxygens (including phenoxy) is 3. The van der Waals surface area contributed by atoms with Crippen molar-refractivity contribution in [3.8, 4) is 17.2 Å². The van der Waals surface area contributed by atoms with Gasteiger partial charge in [0.15, 0.2) is 17.1 Å². The molecule has 1 N–H and O–H groups in total. The number of ketones is 1. The standard InChI is InChI=1S/C15H12F4O6/c1-22-9-6-3-4-24-10(6)12(23-2)11-8(9)7(20)5-14(21,25-11)15(18,19)13(16)17/h3-4,13,21H,5H2,1-2H3/t14-/m0/s1. The molecule has 6 nitrogen and oxygen atoms in total. The number of furan rings is 1. The Labute approximate surface area is 137 Å². The van der Waals surface area contributed by atoms with Crippen LogP contribution in [0.15, 0.2) is 16.7 Å². The lowest BCUT2D eigenvalue weighted by Gasteiger charge is -2.38. The van der Waals surface area contributed by atoms with Gasteiger partial charge in [0.2, 0.25) is 5.75 Å². The molecule has 0 amide bonds. The summed E-state index contributed by atoms with van der Waals surface area (Å²) in [5, 5.41) is 10.3. The topological polar surface area (TPSA) is 78.1 Å². The molecular formula is C15H12F4O6. The summed E-state index contributed by atoms with van der Waals surface area (Å²) in [6, 6.07) is 1.44. The zero-order chi connectivity index (χ0) is 18.6. The molecule has 0 spiro atoms. The molecule has 2 aromatic rings. The number of rotatable bonds is 4. The van der Waals surface area contributed by atoms with E-state index >= 15 is 0 Å². The largest absolute Gasteiger partial charge is 0.495 e. The van der Waals surface area contributed by atoms with Crippen LogP contribution in [0, 0.1) is 0 Å². The number of benzene rings is 1. The number of Topliss-reactive ketones (excluding diaryl/α,β-unsaturated/α-hetero) is 1. The summed E-state index contributed by atoms with van der Waals surface area (Å²) in [6.07, 6.45) is -4.42. The summed E-state index contributed by atoms with van der Waals surface area (Å²) in [5.74, 6) is -10.8. The molecule has 0 radical (unpaired) electrons. The Morgan fingerprint density at radius 2 is 1.92 bits per heavy atom. The van der Waals surface area contributed by atoms with E-state index in [-0.39, 0.29) is 22.6 Å². The third-order valence-electron chi connectivity index (χ3n) is 3.93. The molecule has 10 heteroatoms. The Bertz CT molecular complexity index is 846. The van der Waals surface area contributed by atoms with Crippen LogP contribution in [0.3, 0.4) is 0 Å². The first-order chi connectivity index (χ1) is 11.7. The van der Waals surface area contributed by atoms with Gasteiger partial charge in [-0.15, -0.1) is 0 Å². The number of halogens is 4. The minimum absolute atomic E-state index is 0.0180. The first kappa shape index (κ1) is 17.3. The molecule has 0 unspecified atom stereocenters. The number of methoxy groups -OCH3 is 2. The Hall–Kier alpha value is -2.49. The normalized spacial score (nSPS) is 20.6. The van der Waals surface area contributed by atoms with Crippen LogP contribution in [-0.4, -0.2) is 43.2 Å². The maximum atomic E-state index is 13.8. The van der Waals surface area contributed by atoms with Crippen molar-refractivity contribution < 1.29 is 46.1 Å². The molecule has 3 rings (SSSR count). The minimum atomic E-state index is -5.00. The molecule has 2 heterocycles. The van der Waals surface area contributed by atoms with E-state index in [1.807, 2.05) is 0 Å². The highest BCUT2D eigenvalue weighted by Crippen LogP contribution is 2.53. The highest BCUT2D eigenvalue weighted by Gasteiger charge is 2.65. The van der Waals surface area contributed by atoms with Crippen LogP contribution in [0.2, 0.25) is 0 Å². The molecule has 1 aliphatic heterocycles. The van der Waals surface area contributed by atoms with Crippen LogP contribution < -0.4 is 14.2 Å². The van der Waals surface area contributed by atoms with Gasteiger partial charge in [-0.25, -0.2) is 8.78 Å². The van der Waals surface area contributed by atoms with E-state index in [0.29, 0.717) is 5.39 Å². The SMILES string of the molecule is COc1c2c(c(OC)c3occc13)O[C@](O)(C(F)(F)C(F)F)CC2=O. The molecule has 0 bridgehead atoms. The first-order valence-electron chi connectivity index (χ1n) is 6.93. The summed E-state index contributed by atoms with van der Waals surface area (Å²) < 4.78 is 73.1. The summed E-state index contributed by atoms with van der Waals surface area (Å²) in [7, 11) is 2.35. The van der Waals surface area contributed by atoms with E-state index in [2.05, 4.69) is 0 Å². The average molecular weight is 364 g/mol. The number of alkyl halides is 4. The fraction of sp³-hybridized carbons (Fsp3) is 0.400. The number of fused-ring (bicyclic) bond motifs is 2. The minimum Gasteiger partial charge on any atom is -0.495 e. The monoisotopic (exact) mass is 364 g/mol. The lowest BCUT2D eigenvalue weighted by molar-refractivity contribution is -0.316. The lowest BCUT2D eigenvalue weighted by Crippen LogP contribution is -2.59. The van der Waals surface area contributed by atoms with E-state index < -0.39 is 36.1 Å². The lowest BCUT2D eigenvalue weighted by atomic mass is 9.92. The van der Waals surface area contributed by atoms with Gasteiger partial charge in [0.05, 0.1) is 32.3 Å². The van der Waals surface area contributed by atoms with Crippen molar-refractivity contribution in [3.63, 3.8) is 0 Å². The van der Waals surface area contributed by atoms with Gasteiger partial charge in [-0.05, 0) is 6.07 Å². The van der Waals surface area contributed by atoms with Crippen molar-refractivity contribution >= 4 is 16.8 Å². The Kier molecular flexibility index (Phi) is 3.82. The van der Waals surface area contributed by atoms with Crippen LogP contribution in [0.25, 0.3) is 11.0 Å². The van der Waals surface area contributed by atoms with Crippen LogP contribution >= 0.6 is 0 Å². The quantitative estimate of drug-likeness (QED) is 0.841. The smallest absolute Gasteiger partial charge is 0.371 e. The van der Waals surface area contributed by atoms with Gasteiger partial charge in [-0.3, -0.25) is 4.79 Å². The van der Waals surface area contributed by atoms with Gasteiger partial charge in [0.25, 0.3) is 5.79 Å². The average Bonchev–Trinajstić information content (AvgIpc) is 3.01. The Morgan fingerprint density at radius 1 is 1.28 bits per heavy atom. The summed E-state index contributed by atoms with van der Waals surface area (Å²) in [4.78, 5) is 12.4. The zero-order valence-corrected chi connectivity index (χ0v) is 12.9. The van der Waals surface area contributed by atoms with Crippen LogP contribution in [0.1, 0.15) is 16.8 Å². The van der Waals surface area contributed by atoms with Gasteiger partial charge in [0, 0.05) is 0 Å². The van der Waals surface area contributed by atoms with Crippen molar-refractivity contribution in [3.05, 3.63) is 17.9 Å². The van der Waals surface area contributed by atoms with Gasteiger partial charge in [0.1, 0.15) is 11.3 Å². The number of carbonyl (C=O) groups is 1. The second-order valence-electron chi connectivity index (χ2n) is 5.34. The fourth-order valence-electron chi connectivity index (χ4n) is 2.73. The third-order valence-corrected chi connectivity index (χ3v) is 3.93. The maximum absolute atomic E-state index is 13.8. The summed E-state index contributed by atoms with van der Waals surface area (Å²) in [6.45, 7) is 0. The van der Waals surface area contributed by atoms with Crippen molar-refractivity contribution in [2.24, 2.45) is 0 Å². The number of hydrogen-bond donors (Lipinski definition) is 1. The number of hydrogen-bond acceptors (Lipinski definition) is 6.